The maximum atomic E-state index is 12.2. The van der Waals surface area contributed by atoms with Crippen LogP contribution < -0.4 is 10.5 Å². The quantitative estimate of drug-likeness (QED) is 0.871. The second kappa shape index (κ2) is 3.88. The molecule has 0 aliphatic heterocycles. The van der Waals surface area contributed by atoms with E-state index in [2.05, 4.69) is 4.74 Å². The third-order valence-corrected chi connectivity index (χ3v) is 2.92. The second-order valence-corrected chi connectivity index (χ2v) is 4.19. The molecule has 0 spiro atoms. The van der Waals surface area contributed by atoms with Crippen LogP contribution in [-0.2, 0) is 4.79 Å². The highest BCUT2D eigenvalue weighted by atomic mass is 19.4. The molecule has 0 radical (unpaired) electrons. The van der Waals surface area contributed by atoms with E-state index in [1.54, 1.807) is 0 Å². The molecule has 1 saturated carbocycles. The SMILES string of the molecule is N[C@@]1(C(=O)O)C[C@H]1c1ccccc1OC(F)(F)F. The van der Waals surface area contributed by atoms with Gasteiger partial charge < -0.3 is 15.6 Å². The van der Waals surface area contributed by atoms with Gasteiger partial charge in [0.1, 0.15) is 11.3 Å². The lowest BCUT2D eigenvalue weighted by Crippen LogP contribution is -2.34. The van der Waals surface area contributed by atoms with Crippen LogP contribution in [0.15, 0.2) is 24.3 Å². The summed E-state index contributed by atoms with van der Waals surface area (Å²) < 4.78 is 40.4. The van der Waals surface area contributed by atoms with Crippen LogP contribution in [0.1, 0.15) is 17.9 Å². The summed E-state index contributed by atoms with van der Waals surface area (Å²) in [6, 6.07) is 5.43. The summed E-state index contributed by atoms with van der Waals surface area (Å²) >= 11 is 0. The molecule has 0 amide bonds. The summed E-state index contributed by atoms with van der Waals surface area (Å²) in [6.45, 7) is 0. The highest BCUT2D eigenvalue weighted by Crippen LogP contribution is 2.52. The third kappa shape index (κ3) is 2.26. The van der Waals surface area contributed by atoms with Crippen LogP contribution in [0.2, 0.25) is 0 Å². The Hall–Kier alpha value is -1.76. The Morgan fingerprint density at radius 3 is 2.56 bits per heavy atom. The third-order valence-electron chi connectivity index (χ3n) is 2.92. The molecule has 0 unspecified atom stereocenters. The Morgan fingerprint density at radius 1 is 1.44 bits per heavy atom. The molecule has 7 heteroatoms. The number of carbonyl (C=O) groups is 1. The van der Waals surface area contributed by atoms with Crippen molar-refractivity contribution in [3.05, 3.63) is 29.8 Å². The number of aliphatic carboxylic acids is 1. The van der Waals surface area contributed by atoms with Gasteiger partial charge >= 0.3 is 12.3 Å². The van der Waals surface area contributed by atoms with Crippen molar-refractivity contribution in [3.63, 3.8) is 0 Å². The summed E-state index contributed by atoms with van der Waals surface area (Å²) in [5.74, 6) is -2.29. The standard InChI is InChI=1S/C11H10F3NO3/c12-11(13,14)18-8-4-2-1-3-6(8)7-5-10(7,15)9(16)17/h1-4,7H,5,15H2,(H,16,17)/t7-,10-/m0/s1. The molecule has 1 aromatic carbocycles. The predicted molar refractivity (Wildman–Crippen MR) is 55.0 cm³/mol. The smallest absolute Gasteiger partial charge is 0.480 e. The minimum absolute atomic E-state index is 0.0978. The van der Waals surface area contributed by atoms with Crippen LogP contribution in [-0.4, -0.2) is 23.0 Å². The van der Waals surface area contributed by atoms with Crippen LogP contribution >= 0.6 is 0 Å². The average molecular weight is 261 g/mol. The van der Waals surface area contributed by atoms with E-state index in [1.165, 1.54) is 18.2 Å². The van der Waals surface area contributed by atoms with E-state index in [-0.39, 0.29) is 12.0 Å². The number of halogens is 3. The first-order valence-corrected chi connectivity index (χ1v) is 5.11. The minimum Gasteiger partial charge on any atom is -0.480 e. The number of rotatable bonds is 3. The number of carboxylic acids is 1. The molecule has 1 aliphatic rings. The zero-order chi connectivity index (χ0) is 13.6. The summed E-state index contributed by atoms with van der Waals surface area (Å²) in [5.41, 5.74) is 4.23. The van der Waals surface area contributed by atoms with E-state index in [1.807, 2.05) is 0 Å². The maximum absolute atomic E-state index is 12.2. The number of nitrogens with two attached hydrogens (primary N) is 1. The summed E-state index contributed by atoms with van der Waals surface area (Å²) in [4.78, 5) is 10.9. The molecule has 0 bridgehead atoms. The van der Waals surface area contributed by atoms with Gasteiger partial charge in [0, 0.05) is 11.5 Å². The zero-order valence-electron chi connectivity index (χ0n) is 9.07. The second-order valence-electron chi connectivity index (χ2n) is 4.19. The molecule has 1 fully saturated rings. The first-order valence-electron chi connectivity index (χ1n) is 5.11. The molecule has 4 nitrogen and oxygen atoms in total. The number of ether oxygens (including phenoxy) is 1. The molecule has 1 aromatic rings. The number of hydrogen-bond acceptors (Lipinski definition) is 3. The summed E-state index contributed by atoms with van der Waals surface area (Å²) in [6.07, 6.45) is -4.72. The first-order chi connectivity index (χ1) is 8.24. The molecule has 2 rings (SSSR count). The zero-order valence-corrected chi connectivity index (χ0v) is 9.07. The van der Waals surface area contributed by atoms with Gasteiger partial charge in [-0.2, -0.15) is 0 Å². The molecule has 0 heterocycles. The molecular formula is C11H10F3NO3. The monoisotopic (exact) mass is 261 g/mol. The highest BCUT2D eigenvalue weighted by Gasteiger charge is 2.59. The van der Waals surface area contributed by atoms with Crippen molar-refractivity contribution in [2.45, 2.75) is 24.2 Å². The number of alkyl halides is 3. The molecule has 3 N–H and O–H groups in total. The van der Waals surface area contributed by atoms with E-state index < -0.39 is 29.5 Å². The molecule has 98 valence electrons. The van der Waals surface area contributed by atoms with Crippen LogP contribution in [0.5, 0.6) is 5.75 Å². The van der Waals surface area contributed by atoms with Gasteiger partial charge in [0.15, 0.2) is 0 Å². The normalized spacial score (nSPS) is 26.8. The number of para-hydroxylation sites is 1. The van der Waals surface area contributed by atoms with Gasteiger partial charge in [-0.25, -0.2) is 0 Å². The van der Waals surface area contributed by atoms with Gasteiger partial charge in [0.05, 0.1) is 0 Å². The summed E-state index contributed by atoms with van der Waals surface area (Å²) in [7, 11) is 0. The van der Waals surface area contributed by atoms with Gasteiger partial charge in [0.2, 0.25) is 0 Å². The Kier molecular flexibility index (Phi) is 2.73. The van der Waals surface area contributed by atoms with E-state index in [0.29, 0.717) is 0 Å². The fourth-order valence-corrected chi connectivity index (χ4v) is 1.89. The first kappa shape index (κ1) is 12.7. The van der Waals surface area contributed by atoms with Gasteiger partial charge in [0.25, 0.3) is 0 Å². The van der Waals surface area contributed by atoms with Gasteiger partial charge in [-0.3, -0.25) is 4.79 Å². The molecule has 2 atom stereocenters. The fraction of sp³-hybridized carbons (Fsp3) is 0.364. The molecule has 0 aromatic heterocycles. The van der Waals surface area contributed by atoms with Gasteiger partial charge in [-0.05, 0) is 12.5 Å². The van der Waals surface area contributed by atoms with Crippen molar-refractivity contribution in [1.82, 2.24) is 0 Å². The van der Waals surface area contributed by atoms with Crippen LogP contribution in [0.25, 0.3) is 0 Å². The van der Waals surface area contributed by atoms with Gasteiger partial charge in [-0.1, -0.05) is 18.2 Å². The summed E-state index contributed by atoms with van der Waals surface area (Å²) in [5, 5.41) is 8.88. The van der Waals surface area contributed by atoms with E-state index >= 15 is 0 Å². The highest BCUT2D eigenvalue weighted by molar-refractivity contribution is 5.85. The van der Waals surface area contributed by atoms with E-state index in [9.17, 15) is 18.0 Å². The van der Waals surface area contributed by atoms with E-state index in [0.717, 1.165) is 6.07 Å². The lowest BCUT2D eigenvalue weighted by molar-refractivity contribution is -0.274. The van der Waals surface area contributed by atoms with Crippen molar-refractivity contribution in [2.75, 3.05) is 0 Å². The predicted octanol–water partition coefficient (Wildman–Crippen LogP) is 1.85. The van der Waals surface area contributed by atoms with Crippen molar-refractivity contribution < 1.29 is 27.8 Å². The lowest BCUT2D eigenvalue weighted by Gasteiger charge is -2.14. The molecular weight excluding hydrogens is 251 g/mol. The van der Waals surface area contributed by atoms with Crippen molar-refractivity contribution in [2.24, 2.45) is 5.73 Å². The Labute approximate surface area is 100 Å². The molecule has 1 aliphatic carbocycles. The Balaban J connectivity index is 2.28. The fourth-order valence-electron chi connectivity index (χ4n) is 1.89. The average Bonchev–Trinajstić information content (AvgIpc) is 2.91. The van der Waals surface area contributed by atoms with Crippen LogP contribution in [0, 0.1) is 0 Å². The lowest BCUT2D eigenvalue weighted by atomic mass is 10.1. The number of benzene rings is 1. The topological polar surface area (TPSA) is 72.6 Å². The maximum Gasteiger partial charge on any atom is 0.573 e. The molecule has 0 saturated heterocycles. The van der Waals surface area contributed by atoms with Crippen molar-refractivity contribution in [1.29, 1.82) is 0 Å². The Morgan fingerprint density at radius 2 is 2.06 bits per heavy atom. The van der Waals surface area contributed by atoms with Crippen molar-refractivity contribution >= 4 is 5.97 Å². The molecule has 18 heavy (non-hydrogen) atoms. The Bertz CT molecular complexity index is 489. The van der Waals surface area contributed by atoms with Gasteiger partial charge in [-0.15, -0.1) is 13.2 Å². The van der Waals surface area contributed by atoms with E-state index in [4.69, 9.17) is 10.8 Å². The van der Waals surface area contributed by atoms with Crippen molar-refractivity contribution in [3.8, 4) is 5.75 Å². The minimum atomic E-state index is -4.81. The van der Waals surface area contributed by atoms with Crippen LogP contribution in [0.3, 0.4) is 0 Å². The number of hydrogen-bond donors (Lipinski definition) is 2. The van der Waals surface area contributed by atoms with Crippen LogP contribution in [0.4, 0.5) is 13.2 Å². The largest absolute Gasteiger partial charge is 0.573 e. The number of carboxylic acid groups (broad SMARTS) is 1.